The fourth-order valence-electron chi connectivity index (χ4n) is 1.89. The summed E-state index contributed by atoms with van der Waals surface area (Å²) in [6, 6.07) is 11.0. The number of anilines is 3. The fraction of sp³-hybridized carbons (Fsp3) is 0. The Labute approximate surface area is 124 Å². The van der Waals surface area contributed by atoms with Gasteiger partial charge in [0.25, 0.3) is 0 Å². The molecular formula is C14H9ClN4S. The third kappa shape index (κ3) is 2.16. The summed E-state index contributed by atoms with van der Waals surface area (Å²) >= 11 is 7.68. The Balaban J connectivity index is 2.01. The van der Waals surface area contributed by atoms with Crippen molar-refractivity contribution in [3.05, 3.63) is 46.4 Å². The van der Waals surface area contributed by atoms with Gasteiger partial charge in [0.05, 0.1) is 43.9 Å². The van der Waals surface area contributed by atoms with Crippen molar-refractivity contribution in [3.63, 3.8) is 0 Å². The number of nitrogen functional groups attached to an aromatic ring is 1. The van der Waals surface area contributed by atoms with Gasteiger partial charge in [-0.25, -0.2) is 4.98 Å². The van der Waals surface area contributed by atoms with Crippen LogP contribution in [0.5, 0.6) is 0 Å². The van der Waals surface area contributed by atoms with Crippen molar-refractivity contribution in [1.82, 2.24) is 4.98 Å². The maximum absolute atomic E-state index is 8.83. The monoisotopic (exact) mass is 300 g/mol. The van der Waals surface area contributed by atoms with E-state index in [1.807, 2.05) is 18.2 Å². The van der Waals surface area contributed by atoms with Gasteiger partial charge < -0.3 is 11.1 Å². The Morgan fingerprint density at radius 3 is 2.80 bits per heavy atom. The number of thiazole rings is 1. The van der Waals surface area contributed by atoms with Crippen molar-refractivity contribution in [3.8, 4) is 6.07 Å². The number of hydrogen-bond acceptors (Lipinski definition) is 5. The zero-order chi connectivity index (χ0) is 14.1. The third-order valence-electron chi connectivity index (χ3n) is 2.91. The molecule has 0 amide bonds. The second kappa shape index (κ2) is 5.00. The van der Waals surface area contributed by atoms with Crippen molar-refractivity contribution >= 4 is 50.2 Å². The summed E-state index contributed by atoms with van der Waals surface area (Å²) in [7, 11) is 0. The second-order valence-electron chi connectivity index (χ2n) is 4.16. The van der Waals surface area contributed by atoms with Crippen LogP contribution < -0.4 is 11.1 Å². The van der Waals surface area contributed by atoms with Crippen LogP contribution in [0, 0.1) is 11.3 Å². The Kier molecular flexibility index (Phi) is 3.18. The number of nitrogens with zero attached hydrogens (tertiary/aromatic N) is 2. The van der Waals surface area contributed by atoms with Crippen LogP contribution in [0.15, 0.2) is 35.8 Å². The van der Waals surface area contributed by atoms with Crippen molar-refractivity contribution in [2.24, 2.45) is 0 Å². The van der Waals surface area contributed by atoms with E-state index in [2.05, 4.69) is 10.3 Å². The Hall–Kier alpha value is -2.29. The number of nitrogens with one attached hydrogen (secondary N) is 1. The van der Waals surface area contributed by atoms with Gasteiger partial charge in [-0.05, 0) is 30.3 Å². The molecule has 1 aromatic heterocycles. The second-order valence-corrected chi connectivity index (χ2v) is 5.45. The number of rotatable bonds is 2. The van der Waals surface area contributed by atoms with Gasteiger partial charge >= 0.3 is 0 Å². The average Bonchev–Trinajstić information content (AvgIpc) is 2.93. The van der Waals surface area contributed by atoms with Gasteiger partial charge in [0.1, 0.15) is 5.52 Å². The van der Waals surface area contributed by atoms with Gasteiger partial charge in [-0.1, -0.05) is 11.6 Å². The molecule has 2 aromatic carbocycles. The Morgan fingerprint density at radius 1 is 1.25 bits per heavy atom. The molecule has 0 unspecified atom stereocenters. The lowest BCUT2D eigenvalue weighted by molar-refractivity contribution is 1.47. The number of nitrogens with two attached hydrogens (primary N) is 1. The predicted molar refractivity (Wildman–Crippen MR) is 83.5 cm³/mol. The quantitative estimate of drug-likeness (QED) is 0.697. The number of halogens is 1. The van der Waals surface area contributed by atoms with E-state index in [4.69, 9.17) is 22.6 Å². The lowest BCUT2D eigenvalue weighted by Crippen LogP contribution is -1.97. The molecule has 0 aliphatic carbocycles. The van der Waals surface area contributed by atoms with Gasteiger partial charge in [0, 0.05) is 0 Å². The summed E-state index contributed by atoms with van der Waals surface area (Å²) in [5.41, 5.74) is 11.2. The van der Waals surface area contributed by atoms with Crippen LogP contribution in [-0.4, -0.2) is 4.98 Å². The van der Waals surface area contributed by atoms with Crippen LogP contribution >= 0.6 is 22.9 Å². The molecule has 0 saturated carbocycles. The number of benzene rings is 2. The number of aromatic nitrogens is 1. The van der Waals surface area contributed by atoms with Crippen molar-refractivity contribution in [1.29, 1.82) is 5.26 Å². The molecule has 0 spiro atoms. The van der Waals surface area contributed by atoms with Gasteiger partial charge in [-0.3, -0.25) is 0 Å². The minimum atomic E-state index is 0.474. The maximum atomic E-state index is 8.83. The lowest BCUT2D eigenvalue weighted by Gasteiger charge is -2.11. The van der Waals surface area contributed by atoms with Gasteiger partial charge in [0.15, 0.2) is 0 Å². The van der Waals surface area contributed by atoms with E-state index >= 15 is 0 Å². The predicted octanol–water partition coefficient (Wildman–Crippen LogP) is 4.15. The van der Waals surface area contributed by atoms with E-state index in [9.17, 15) is 0 Å². The van der Waals surface area contributed by atoms with E-state index in [-0.39, 0.29) is 0 Å². The number of nitriles is 1. The summed E-state index contributed by atoms with van der Waals surface area (Å²) in [6.07, 6.45) is 0. The molecule has 3 aromatic rings. The summed E-state index contributed by atoms with van der Waals surface area (Å²) in [5.74, 6) is 0. The SMILES string of the molecule is N#Cc1ccc(Nc2ccc3scnc3c2N)c(Cl)c1. The van der Waals surface area contributed by atoms with Crippen LogP contribution in [0.2, 0.25) is 5.02 Å². The highest BCUT2D eigenvalue weighted by molar-refractivity contribution is 7.16. The first kappa shape index (κ1) is 12.7. The van der Waals surface area contributed by atoms with E-state index in [0.29, 0.717) is 22.0 Å². The molecule has 20 heavy (non-hydrogen) atoms. The first-order valence-electron chi connectivity index (χ1n) is 5.77. The number of fused-ring (bicyclic) bond motifs is 1. The standard InChI is InChI=1S/C14H9ClN4S/c15-9-5-8(6-16)1-2-10(9)19-11-3-4-12-14(13(11)17)18-7-20-12/h1-5,7,19H,17H2. The first-order chi connectivity index (χ1) is 9.69. The van der Waals surface area contributed by atoms with E-state index in [1.165, 1.54) is 0 Å². The maximum Gasteiger partial charge on any atom is 0.106 e. The largest absolute Gasteiger partial charge is 0.395 e. The minimum absolute atomic E-state index is 0.474. The highest BCUT2D eigenvalue weighted by atomic mass is 35.5. The van der Waals surface area contributed by atoms with Crippen LogP contribution in [0.4, 0.5) is 17.1 Å². The molecule has 0 aliphatic rings. The number of hydrogen-bond donors (Lipinski definition) is 2. The Bertz CT molecular complexity index is 835. The van der Waals surface area contributed by atoms with Crippen molar-refractivity contribution in [2.75, 3.05) is 11.1 Å². The van der Waals surface area contributed by atoms with Gasteiger partial charge in [-0.2, -0.15) is 5.26 Å². The zero-order valence-electron chi connectivity index (χ0n) is 10.2. The molecule has 98 valence electrons. The first-order valence-corrected chi connectivity index (χ1v) is 7.03. The van der Waals surface area contributed by atoms with Crippen LogP contribution in [-0.2, 0) is 0 Å². The summed E-state index contributed by atoms with van der Waals surface area (Å²) in [5, 5.41) is 12.5. The highest BCUT2D eigenvalue weighted by Gasteiger charge is 2.09. The summed E-state index contributed by atoms with van der Waals surface area (Å²) < 4.78 is 1.04. The van der Waals surface area contributed by atoms with Gasteiger partial charge in [0.2, 0.25) is 0 Å². The fourth-order valence-corrected chi connectivity index (χ4v) is 2.81. The lowest BCUT2D eigenvalue weighted by atomic mass is 10.2. The van der Waals surface area contributed by atoms with Crippen molar-refractivity contribution < 1.29 is 0 Å². The van der Waals surface area contributed by atoms with E-state index in [0.717, 1.165) is 15.9 Å². The van der Waals surface area contributed by atoms with Crippen molar-refractivity contribution in [2.45, 2.75) is 0 Å². The molecule has 0 fully saturated rings. The topological polar surface area (TPSA) is 74.7 Å². The molecule has 6 heteroatoms. The Morgan fingerprint density at radius 2 is 2.05 bits per heavy atom. The molecule has 3 N–H and O–H groups in total. The van der Waals surface area contributed by atoms with Crippen LogP contribution in [0.3, 0.4) is 0 Å². The molecule has 1 heterocycles. The minimum Gasteiger partial charge on any atom is -0.395 e. The average molecular weight is 301 g/mol. The van der Waals surface area contributed by atoms with Crippen LogP contribution in [0.25, 0.3) is 10.2 Å². The molecular weight excluding hydrogens is 292 g/mol. The van der Waals surface area contributed by atoms with Gasteiger partial charge in [-0.15, -0.1) is 11.3 Å². The summed E-state index contributed by atoms with van der Waals surface area (Å²) in [4.78, 5) is 4.25. The molecule has 0 atom stereocenters. The highest BCUT2D eigenvalue weighted by Crippen LogP contribution is 2.34. The molecule has 0 bridgehead atoms. The molecule has 0 saturated heterocycles. The van der Waals surface area contributed by atoms with E-state index in [1.54, 1.807) is 35.0 Å². The normalized spacial score (nSPS) is 10.4. The molecule has 4 nitrogen and oxygen atoms in total. The van der Waals surface area contributed by atoms with E-state index < -0.39 is 0 Å². The summed E-state index contributed by atoms with van der Waals surface area (Å²) in [6.45, 7) is 0. The third-order valence-corrected chi connectivity index (χ3v) is 4.02. The van der Waals surface area contributed by atoms with Crippen LogP contribution in [0.1, 0.15) is 5.56 Å². The molecule has 0 radical (unpaired) electrons. The zero-order valence-corrected chi connectivity index (χ0v) is 11.8. The molecule has 0 aliphatic heterocycles. The smallest absolute Gasteiger partial charge is 0.106 e. The molecule has 3 rings (SSSR count).